The summed E-state index contributed by atoms with van der Waals surface area (Å²) in [5.41, 5.74) is -0.439. The lowest BCUT2D eigenvalue weighted by molar-refractivity contribution is -0.386. The molecule has 1 fully saturated rings. The minimum atomic E-state index is -0.878. The van der Waals surface area contributed by atoms with E-state index in [0.717, 1.165) is 0 Å². The molecule has 1 heterocycles. The van der Waals surface area contributed by atoms with Gasteiger partial charge in [-0.25, -0.2) is 0 Å². The molecule has 0 radical (unpaired) electrons. The van der Waals surface area contributed by atoms with E-state index in [1.54, 1.807) is 18.2 Å². The maximum Gasteiger partial charge on any atom is 0.314 e. The molecule has 6 heteroatoms. The number of benzene rings is 1. The summed E-state index contributed by atoms with van der Waals surface area (Å²) in [6, 6.07) is 4.89. The monoisotopic (exact) mass is 238 g/mol. The minimum Gasteiger partial charge on any atom is -0.490 e. The van der Waals surface area contributed by atoms with Crippen molar-refractivity contribution in [2.75, 3.05) is 20.2 Å². The van der Waals surface area contributed by atoms with Gasteiger partial charge in [-0.15, -0.1) is 0 Å². The highest BCUT2D eigenvalue weighted by Crippen LogP contribution is 2.33. The first-order valence-corrected chi connectivity index (χ1v) is 5.29. The average Bonchev–Trinajstić information content (AvgIpc) is 2.26. The van der Waals surface area contributed by atoms with Crippen molar-refractivity contribution in [2.24, 2.45) is 0 Å². The molecule has 1 aliphatic heterocycles. The molecule has 1 saturated heterocycles. The molecule has 2 N–H and O–H groups in total. The number of nitrogens with zero attached hydrogens (tertiary/aromatic N) is 1. The number of nitro benzene ring substituents is 1. The van der Waals surface area contributed by atoms with Gasteiger partial charge in [-0.05, 0) is 6.07 Å². The molecule has 1 aliphatic rings. The molecule has 0 amide bonds. The zero-order valence-electron chi connectivity index (χ0n) is 9.47. The Balaban J connectivity index is 2.35. The van der Waals surface area contributed by atoms with Crippen LogP contribution >= 0.6 is 0 Å². The predicted octanol–water partition coefficient (Wildman–Crippen LogP) is 0.480. The van der Waals surface area contributed by atoms with Crippen molar-refractivity contribution >= 4 is 5.69 Å². The van der Waals surface area contributed by atoms with Gasteiger partial charge < -0.3 is 15.2 Å². The van der Waals surface area contributed by atoms with Crippen LogP contribution in [0.3, 0.4) is 0 Å². The highest BCUT2D eigenvalue weighted by atomic mass is 16.6. The van der Waals surface area contributed by atoms with E-state index >= 15 is 0 Å². The van der Waals surface area contributed by atoms with Crippen LogP contribution in [0.2, 0.25) is 0 Å². The molecule has 0 bridgehead atoms. The van der Waals surface area contributed by atoms with Crippen LogP contribution in [0.4, 0.5) is 5.69 Å². The zero-order valence-corrected chi connectivity index (χ0v) is 9.47. The van der Waals surface area contributed by atoms with Gasteiger partial charge in [-0.1, -0.05) is 12.1 Å². The van der Waals surface area contributed by atoms with E-state index in [1.807, 2.05) is 0 Å². The van der Waals surface area contributed by atoms with Gasteiger partial charge in [0.15, 0.2) is 5.75 Å². The fourth-order valence-electron chi connectivity index (χ4n) is 1.98. The zero-order chi connectivity index (χ0) is 12.5. The summed E-state index contributed by atoms with van der Waals surface area (Å²) in [6.45, 7) is 0.919. The molecule has 92 valence electrons. The fourth-order valence-corrected chi connectivity index (χ4v) is 1.98. The summed E-state index contributed by atoms with van der Waals surface area (Å²) >= 11 is 0. The Kier molecular flexibility index (Phi) is 2.99. The number of nitro groups is 1. The first-order valence-electron chi connectivity index (χ1n) is 5.29. The number of β-amino-alcohol motifs (C(OH)–C–C–N with tert-alkyl or cyclic N) is 1. The van der Waals surface area contributed by atoms with Gasteiger partial charge in [0.2, 0.25) is 0 Å². The molecular weight excluding hydrogens is 224 g/mol. The van der Waals surface area contributed by atoms with Crippen molar-refractivity contribution in [3.8, 4) is 5.75 Å². The van der Waals surface area contributed by atoms with Crippen LogP contribution in [0.1, 0.15) is 5.56 Å². The van der Waals surface area contributed by atoms with Gasteiger partial charge >= 0.3 is 5.69 Å². The molecule has 0 atom stereocenters. The van der Waals surface area contributed by atoms with Crippen molar-refractivity contribution in [2.45, 2.75) is 12.0 Å². The summed E-state index contributed by atoms with van der Waals surface area (Å²) in [6.07, 6.45) is 0.257. The Morgan fingerprint density at radius 3 is 2.76 bits per heavy atom. The van der Waals surface area contributed by atoms with E-state index in [1.165, 1.54) is 7.11 Å². The fraction of sp³-hybridized carbons (Fsp3) is 0.455. The van der Waals surface area contributed by atoms with Gasteiger partial charge in [-0.2, -0.15) is 0 Å². The Hall–Kier alpha value is -1.66. The number of para-hydroxylation sites is 1. The Labute approximate surface area is 98.4 Å². The maximum atomic E-state index is 11.0. The third-order valence-electron chi connectivity index (χ3n) is 2.91. The van der Waals surface area contributed by atoms with Crippen LogP contribution in [0.25, 0.3) is 0 Å². The quantitative estimate of drug-likeness (QED) is 0.588. The van der Waals surface area contributed by atoms with Crippen molar-refractivity contribution in [3.63, 3.8) is 0 Å². The summed E-state index contributed by atoms with van der Waals surface area (Å²) < 4.78 is 4.97. The lowest BCUT2D eigenvalue weighted by Crippen LogP contribution is -2.60. The third kappa shape index (κ3) is 2.22. The second-order valence-corrected chi connectivity index (χ2v) is 4.23. The van der Waals surface area contributed by atoms with Crippen LogP contribution in [0.15, 0.2) is 18.2 Å². The van der Waals surface area contributed by atoms with Crippen molar-refractivity contribution in [1.29, 1.82) is 0 Å². The smallest absolute Gasteiger partial charge is 0.314 e. The molecule has 0 unspecified atom stereocenters. The largest absolute Gasteiger partial charge is 0.490 e. The van der Waals surface area contributed by atoms with Crippen LogP contribution in [0.5, 0.6) is 5.75 Å². The maximum absolute atomic E-state index is 11.0. The number of rotatable bonds is 4. The van der Waals surface area contributed by atoms with Crippen LogP contribution in [-0.2, 0) is 6.42 Å². The molecule has 0 aromatic heterocycles. The summed E-state index contributed by atoms with van der Waals surface area (Å²) in [5.74, 6) is 0.225. The molecule has 0 spiro atoms. The molecule has 0 aliphatic carbocycles. The number of ether oxygens (including phenoxy) is 1. The summed E-state index contributed by atoms with van der Waals surface area (Å²) in [7, 11) is 1.39. The van der Waals surface area contributed by atoms with Crippen LogP contribution < -0.4 is 10.1 Å². The second kappa shape index (κ2) is 4.31. The molecular formula is C11H14N2O4. The van der Waals surface area contributed by atoms with Crippen LogP contribution in [-0.4, -0.2) is 35.8 Å². The summed E-state index contributed by atoms with van der Waals surface area (Å²) in [4.78, 5) is 10.6. The van der Waals surface area contributed by atoms with E-state index < -0.39 is 10.5 Å². The molecule has 6 nitrogen and oxygen atoms in total. The lowest BCUT2D eigenvalue weighted by atomic mass is 9.88. The van der Waals surface area contributed by atoms with E-state index in [0.29, 0.717) is 18.7 Å². The van der Waals surface area contributed by atoms with Gasteiger partial charge in [0, 0.05) is 25.1 Å². The standard InChI is InChI=1S/C11H14N2O4/c1-17-9-4-2-3-8(10(9)13(15)16)5-11(14)6-12-7-11/h2-4,12,14H,5-7H2,1H3. The number of methoxy groups -OCH3 is 1. The number of hydrogen-bond donors (Lipinski definition) is 2. The highest BCUT2D eigenvalue weighted by molar-refractivity contribution is 5.53. The minimum absolute atomic E-state index is 0.0599. The normalized spacial score (nSPS) is 17.3. The first kappa shape index (κ1) is 11.8. The van der Waals surface area contributed by atoms with Crippen LogP contribution in [0, 0.1) is 10.1 Å². The average molecular weight is 238 g/mol. The van der Waals surface area contributed by atoms with E-state index in [2.05, 4.69) is 5.32 Å². The number of hydrogen-bond acceptors (Lipinski definition) is 5. The van der Waals surface area contributed by atoms with E-state index in [9.17, 15) is 15.2 Å². The molecule has 17 heavy (non-hydrogen) atoms. The Morgan fingerprint density at radius 2 is 2.29 bits per heavy atom. The van der Waals surface area contributed by atoms with Gasteiger partial charge in [-0.3, -0.25) is 10.1 Å². The topological polar surface area (TPSA) is 84.6 Å². The molecule has 0 saturated carbocycles. The van der Waals surface area contributed by atoms with E-state index in [4.69, 9.17) is 4.74 Å². The SMILES string of the molecule is COc1cccc(CC2(O)CNC2)c1[N+](=O)[O-]. The third-order valence-corrected chi connectivity index (χ3v) is 2.91. The van der Waals surface area contributed by atoms with Gasteiger partial charge in [0.25, 0.3) is 0 Å². The molecule has 1 aromatic carbocycles. The first-order chi connectivity index (χ1) is 8.06. The van der Waals surface area contributed by atoms with Gasteiger partial charge in [0.1, 0.15) is 0 Å². The lowest BCUT2D eigenvalue weighted by Gasteiger charge is -2.37. The number of nitrogens with one attached hydrogen (secondary N) is 1. The van der Waals surface area contributed by atoms with E-state index in [-0.39, 0.29) is 17.9 Å². The Bertz CT molecular complexity index is 443. The predicted molar refractivity (Wildman–Crippen MR) is 61.2 cm³/mol. The number of aliphatic hydroxyl groups is 1. The summed E-state index contributed by atoms with van der Waals surface area (Å²) in [5, 5.41) is 24.0. The van der Waals surface area contributed by atoms with Crippen molar-refractivity contribution < 1.29 is 14.8 Å². The Morgan fingerprint density at radius 1 is 1.59 bits per heavy atom. The van der Waals surface area contributed by atoms with Gasteiger partial charge in [0.05, 0.1) is 17.6 Å². The van der Waals surface area contributed by atoms with Crippen molar-refractivity contribution in [1.82, 2.24) is 5.32 Å². The molecule has 1 aromatic rings. The van der Waals surface area contributed by atoms with Crippen molar-refractivity contribution in [3.05, 3.63) is 33.9 Å². The molecule has 2 rings (SSSR count). The highest BCUT2D eigenvalue weighted by Gasteiger charge is 2.37. The second-order valence-electron chi connectivity index (χ2n) is 4.23.